The van der Waals surface area contributed by atoms with Crippen LogP contribution in [0.2, 0.25) is 0 Å². The Morgan fingerprint density at radius 1 is 1.21 bits per heavy atom. The number of aromatic nitrogens is 2. The van der Waals surface area contributed by atoms with Crippen molar-refractivity contribution in [1.82, 2.24) is 10.1 Å². The van der Waals surface area contributed by atoms with E-state index in [-0.39, 0.29) is 5.91 Å². The van der Waals surface area contributed by atoms with Crippen LogP contribution in [0.3, 0.4) is 0 Å². The van der Waals surface area contributed by atoms with Crippen LogP contribution in [0.15, 0.2) is 57.7 Å². The maximum atomic E-state index is 12.7. The molecular formula is C21H17N3O4. The van der Waals surface area contributed by atoms with Crippen LogP contribution >= 0.6 is 0 Å². The summed E-state index contributed by atoms with van der Waals surface area (Å²) in [5.74, 6) is 1.59. The van der Waals surface area contributed by atoms with Gasteiger partial charge in [0, 0.05) is 23.2 Å². The first-order chi connectivity index (χ1) is 13.7. The van der Waals surface area contributed by atoms with E-state index >= 15 is 0 Å². The minimum absolute atomic E-state index is 0.235. The number of rotatable bonds is 5. The molecule has 1 N–H and O–H groups in total. The molecule has 0 bridgehead atoms. The fourth-order valence-corrected chi connectivity index (χ4v) is 3.08. The number of methoxy groups -OCH3 is 1. The molecule has 2 aromatic carbocycles. The summed E-state index contributed by atoms with van der Waals surface area (Å²) in [4.78, 5) is 17.2. The fourth-order valence-electron chi connectivity index (χ4n) is 3.08. The minimum atomic E-state index is -0.235. The van der Waals surface area contributed by atoms with Crippen LogP contribution in [0.5, 0.6) is 5.75 Å². The van der Waals surface area contributed by atoms with Gasteiger partial charge in [-0.2, -0.15) is 0 Å². The maximum Gasteiger partial charge on any atom is 0.255 e. The molecule has 5 rings (SSSR count). The number of amides is 1. The second-order valence-corrected chi connectivity index (χ2v) is 6.77. The molecule has 28 heavy (non-hydrogen) atoms. The zero-order chi connectivity index (χ0) is 19.1. The van der Waals surface area contributed by atoms with Gasteiger partial charge in [0.15, 0.2) is 11.5 Å². The third-order valence-electron chi connectivity index (χ3n) is 4.75. The highest BCUT2D eigenvalue weighted by molar-refractivity contribution is 6.07. The number of hydrogen-bond acceptors (Lipinski definition) is 6. The van der Waals surface area contributed by atoms with E-state index in [1.54, 1.807) is 43.7 Å². The van der Waals surface area contributed by atoms with Gasteiger partial charge in [-0.3, -0.25) is 4.79 Å². The molecule has 1 amide bonds. The summed E-state index contributed by atoms with van der Waals surface area (Å²) in [6.45, 7) is 0. The van der Waals surface area contributed by atoms with Crippen molar-refractivity contribution in [2.24, 2.45) is 0 Å². The molecule has 7 nitrogen and oxygen atoms in total. The Morgan fingerprint density at radius 2 is 2.11 bits per heavy atom. The molecule has 1 fully saturated rings. The predicted molar refractivity (Wildman–Crippen MR) is 102 cm³/mol. The molecule has 4 aromatic rings. The number of hydrogen-bond donors (Lipinski definition) is 1. The third kappa shape index (κ3) is 3.00. The van der Waals surface area contributed by atoms with E-state index in [1.165, 1.54) is 0 Å². The van der Waals surface area contributed by atoms with Crippen molar-refractivity contribution >= 4 is 22.6 Å². The number of carbonyl (C=O) groups excluding carboxylic acids is 1. The number of benzene rings is 2. The lowest BCUT2D eigenvalue weighted by Gasteiger charge is -2.07. The average molecular weight is 375 g/mol. The number of anilines is 1. The summed E-state index contributed by atoms with van der Waals surface area (Å²) in [5.41, 5.74) is 2.92. The number of nitrogens with one attached hydrogen (secondary N) is 1. The first kappa shape index (κ1) is 16.6. The lowest BCUT2D eigenvalue weighted by atomic mass is 10.1. The Kier molecular flexibility index (Phi) is 3.86. The van der Waals surface area contributed by atoms with Crippen LogP contribution in [0.4, 0.5) is 5.69 Å². The SMILES string of the molecule is COc1cccc(NC(=O)c2ccc3onc(-c4coc(C5CC5)n4)c3c2)c1. The highest BCUT2D eigenvalue weighted by Gasteiger charge is 2.29. The van der Waals surface area contributed by atoms with Gasteiger partial charge in [0.05, 0.1) is 12.5 Å². The van der Waals surface area contributed by atoms with Crippen molar-refractivity contribution in [2.45, 2.75) is 18.8 Å². The van der Waals surface area contributed by atoms with E-state index in [4.69, 9.17) is 13.7 Å². The highest BCUT2D eigenvalue weighted by atomic mass is 16.5. The molecule has 7 heteroatoms. The Labute approximate surface area is 160 Å². The van der Waals surface area contributed by atoms with Crippen molar-refractivity contribution in [3.63, 3.8) is 0 Å². The first-order valence-electron chi connectivity index (χ1n) is 9.02. The van der Waals surface area contributed by atoms with E-state index in [2.05, 4.69) is 15.5 Å². The summed E-state index contributed by atoms with van der Waals surface area (Å²) in [7, 11) is 1.58. The van der Waals surface area contributed by atoms with Gasteiger partial charge in [-0.25, -0.2) is 4.98 Å². The molecule has 1 aliphatic rings. The standard InChI is InChI=1S/C21H17N3O4/c1-26-15-4-2-3-14(10-15)22-20(25)13-7-8-18-16(9-13)19(24-28-18)17-11-27-21(23-17)12-5-6-12/h2-4,7-12H,5-6H2,1H3,(H,22,25). The van der Waals surface area contributed by atoms with Gasteiger partial charge in [0.1, 0.15) is 23.4 Å². The van der Waals surface area contributed by atoms with Crippen LogP contribution < -0.4 is 10.1 Å². The summed E-state index contributed by atoms with van der Waals surface area (Å²) >= 11 is 0. The van der Waals surface area contributed by atoms with Crippen LogP contribution in [0.25, 0.3) is 22.4 Å². The minimum Gasteiger partial charge on any atom is -0.497 e. The molecule has 0 atom stereocenters. The molecule has 2 aromatic heterocycles. The lowest BCUT2D eigenvalue weighted by Crippen LogP contribution is -2.11. The van der Waals surface area contributed by atoms with Gasteiger partial charge in [0.2, 0.25) is 0 Å². The molecule has 0 radical (unpaired) electrons. The Bertz CT molecular complexity index is 1170. The monoisotopic (exact) mass is 375 g/mol. The number of nitrogens with zero attached hydrogens (tertiary/aromatic N) is 2. The van der Waals surface area contributed by atoms with Gasteiger partial charge in [-0.15, -0.1) is 0 Å². The number of fused-ring (bicyclic) bond motifs is 1. The molecular weight excluding hydrogens is 358 g/mol. The van der Waals surface area contributed by atoms with Crippen molar-refractivity contribution in [3.8, 4) is 17.1 Å². The molecule has 2 heterocycles. The van der Waals surface area contributed by atoms with Crippen molar-refractivity contribution < 1.29 is 18.5 Å². The first-order valence-corrected chi connectivity index (χ1v) is 9.02. The normalized spacial score (nSPS) is 13.6. The third-order valence-corrected chi connectivity index (χ3v) is 4.75. The molecule has 0 aliphatic heterocycles. The van der Waals surface area contributed by atoms with E-state index in [1.807, 2.05) is 12.1 Å². The summed E-state index contributed by atoms with van der Waals surface area (Å²) < 4.78 is 16.1. The van der Waals surface area contributed by atoms with E-state index in [0.717, 1.165) is 18.7 Å². The van der Waals surface area contributed by atoms with Crippen LogP contribution in [-0.4, -0.2) is 23.2 Å². The van der Waals surface area contributed by atoms with Gasteiger partial charge >= 0.3 is 0 Å². The predicted octanol–water partition coefficient (Wildman–Crippen LogP) is 4.62. The van der Waals surface area contributed by atoms with Crippen molar-refractivity contribution in [3.05, 3.63) is 60.2 Å². The summed E-state index contributed by atoms with van der Waals surface area (Å²) in [6, 6.07) is 12.4. The second kappa shape index (κ2) is 6.53. The van der Waals surface area contributed by atoms with Gasteiger partial charge in [-0.05, 0) is 43.2 Å². The van der Waals surface area contributed by atoms with E-state index in [9.17, 15) is 4.79 Å². The van der Waals surface area contributed by atoms with Crippen molar-refractivity contribution in [1.29, 1.82) is 0 Å². The lowest BCUT2D eigenvalue weighted by molar-refractivity contribution is 0.102. The summed E-state index contributed by atoms with van der Waals surface area (Å²) in [6.07, 6.45) is 3.80. The fraction of sp³-hybridized carbons (Fsp3) is 0.190. The molecule has 0 unspecified atom stereocenters. The van der Waals surface area contributed by atoms with Crippen LogP contribution in [0, 0.1) is 0 Å². The second-order valence-electron chi connectivity index (χ2n) is 6.77. The van der Waals surface area contributed by atoms with Crippen LogP contribution in [0.1, 0.15) is 35.0 Å². The van der Waals surface area contributed by atoms with Gasteiger partial charge in [-0.1, -0.05) is 11.2 Å². The van der Waals surface area contributed by atoms with E-state index in [0.29, 0.717) is 45.3 Å². The number of carbonyl (C=O) groups is 1. The number of ether oxygens (including phenoxy) is 1. The maximum absolute atomic E-state index is 12.7. The van der Waals surface area contributed by atoms with Gasteiger partial charge in [0.25, 0.3) is 5.91 Å². The molecule has 1 saturated carbocycles. The molecule has 0 saturated heterocycles. The molecule has 0 spiro atoms. The number of oxazole rings is 1. The highest BCUT2D eigenvalue weighted by Crippen LogP contribution is 2.40. The molecule has 140 valence electrons. The van der Waals surface area contributed by atoms with E-state index < -0.39 is 0 Å². The largest absolute Gasteiger partial charge is 0.497 e. The zero-order valence-electron chi connectivity index (χ0n) is 15.1. The van der Waals surface area contributed by atoms with Crippen molar-refractivity contribution in [2.75, 3.05) is 12.4 Å². The van der Waals surface area contributed by atoms with Gasteiger partial charge < -0.3 is 19.0 Å². The average Bonchev–Trinajstić information content (AvgIpc) is 3.30. The summed E-state index contributed by atoms with van der Waals surface area (Å²) in [5, 5.41) is 7.71. The quantitative estimate of drug-likeness (QED) is 0.547. The Balaban J connectivity index is 1.45. The van der Waals surface area contributed by atoms with Crippen LogP contribution in [-0.2, 0) is 0 Å². The topological polar surface area (TPSA) is 90.4 Å². The smallest absolute Gasteiger partial charge is 0.255 e. The zero-order valence-corrected chi connectivity index (χ0v) is 15.1. The Morgan fingerprint density at radius 3 is 2.93 bits per heavy atom. The Hall–Kier alpha value is -3.61. The molecule has 1 aliphatic carbocycles.